The summed E-state index contributed by atoms with van der Waals surface area (Å²) in [5, 5.41) is 8.85. The Morgan fingerprint density at radius 2 is 1.79 bits per heavy atom. The number of aliphatic hydroxyl groups is 1. The largest absolute Gasteiger partial charge is 0.392 e. The average molecular weight is 195 g/mol. The SMILES string of the molecule is CN(C)C(C)(C)c1ncc(CO)cn1. The molecule has 0 aliphatic rings. The van der Waals surface area contributed by atoms with Gasteiger partial charge in [-0.3, -0.25) is 4.90 Å². The van der Waals surface area contributed by atoms with Gasteiger partial charge in [0, 0.05) is 18.0 Å². The van der Waals surface area contributed by atoms with Gasteiger partial charge in [0.2, 0.25) is 0 Å². The average Bonchev–Trinajstić information content (AvgIpc) is 2.17. The van der Waals surface area contributed by atoms with Crippen molar-refractivity contribution in [1.82, 2.24) is 14.9 Å². The van der Waals surface area contributed by atoms with Gasteiger partial charge in [-0.15, -0.1) is 0 Å². The minimum Gasteiger partial charge on any atom is -0.392 e. The van der Waals surface area contributed by atoms with Gasteiger partial charge in [0.05, 0.1) is 12.1 Å². The van der Waals surface area contributed by atoms with Crippen molar-refractivity contribution in [2.24, 2.45) is 0 Å². The van der Waals surface area contributed by atoms with Gasteiger partial charge in [0.25, 0.3) is 0 Å². The van der Waals surface area contributed by atoms with Gasteiger partial charge in [0.1, 0.15) is 5.82 Å². The lowest BCUT2D eigenvalue weighted by molar-refractivity contribution is 0.185. The number of aromatic nitrogens is 2. The fraction of sp³-hybridized carbons (Fsp3) is 0.600. The predicted molar refractivity (Wildman–Crippen MR) is 54.7 cm³/mol. The second kappa shape index (κ2) is 4.02. The molecule has 1 rings (SSSR count). The summed E-state index contributed by atoms with van der Waals surface area (Å²) in [6.45, 7) is 4.10. The Hall–Kier alpha value is -1.00. The molecule has 1 heterocycles. The third kappa shape index (κ3) is 2.08. The lowest BCUT2D eigenvalue weighted by Crippen LogP contribution is -2.37. The van der Waals surface area contributed by atoms with E-state index in [9.17, 15) is 0 Å². The van der Waals surface area contributed by atoms with Gasteiger partial charge in [-0.25, -0.2) is 9.97 Å². The molecule has 0 aliphatic carbocycles. The molecule has 4 nitrogen and oxygen atoms in total. The van der Waals surface area contributed by atoms with Crippen LogP contribution in [-0.4, -0.2) is 34.1 Å². The van der Waals surface area contributed by atoms with E-state index in [-0.39, 0.29) is 12.1 Å². The summed E-state index contributed by atoms with van der Waals surface area (Å²) >= 11 is 0. The monoisotopic (exact) mass is 195 g/mol. The summed E-state index contributed by atoms with van der Waals surface area (Å²) in [6, 6.07) is 0. The van der Waals surface area contributed by atoms with Crippen molar-refractivity contribution in [3.63, 3.8) is 0 Å². The highest BCUT2D eigenvalue weighted by atomic mass is 16.3. The fourth-order valence-electron chi connectivity index (χ4n) is 0.952. The first-order valence-electron chi connectivity index (χ1n) is 4.58. The summed E-state index contributed by atoms with van der Waals surface area (Å²) < 4.78 is 0. The van der Waals surface area contributed by atoms with E-state index in [0.29, 0.717) is 0 Å². The molecule has 0 bridgehead atoms. The number of nitrogens with zero attached hydrogens (tertiary/aromatic N) is 3. The lowest BCUT2D eigenvalue weighted by Gasteiger charge is -2.30. The summed E-state index contributed by atoms with van der Waals surface area (Å²) in [7, 11) is 3.98. The number of aliphatic hydroxyl groups excluding tert-OH is 1. The Labute approximate surface area is 84.6 Å². The molecule has 4 heteroatoms. The van der Waals surface area contributed by atoms with Crippen LogP contribution >= 0.6 is 0 Å². The molecule has 0 amide bonds. The van der Waals surface area contributed by atoms with Crippen molar-refractivity contribution < 1.29 is 5.11 Å². The molecule has 1 aromatic rings. The first kappa shape index (κ1) is 11.1. The maximum Gasteiger partial charge on any atom is 0.147 e. The van der Waals surface area contributed by atoms with Crippen LogP contribution in [0.5, 0.6) is 0 Å². The van der Waals surface area contributed by atoms with Crippen LogP contribution in [0.3, 0.4) is 0 Å². The first-order valence-corrected chi connectivity index (χ1v) is 4.58. The topological polar surface area (TPSA) is 49.2 Å². The van der Waals surface area contributed by atoms with Crippen LogP contribution in [0.4, 0.5) is 0 Å². The summed E-state index contributed by atoms with van der Waals surface area (Å²) in [4.78, 5) is 10.5. The van der Waals surface area contributed by atoms with Crippen molar-refractivity contribution >= 4 is 0 Å². The van der Waals surface area contributed by atoms with Gasteiger partial charge >= 0.3 is 0 Å². The molecule has 0 aromatic carbocycles. The van der Waals surface area contributed by atoms with Crippen molar-refractivity contribution in [1.29, 1.82) is 0 Å². The Morgan fingerprint density at radius 3 is 2.14 bits per heavy atom. The molecule has 14 heavy (non-hydrogen) atoms. The second-order valence-electron chi connectivity index (χ2n) is 4.03. The quantitative estimate of drug-likeness (QED) is 0.773. The molecular formula is C10H17N3O. The Bertz CT molecular complexity index is 293. The van der Waals surface area contributed by atoms with E-state index in [2.05, 4.69) is 28.7 Å². The van der Waals surface area contributed by atoms with Crippen LogP contribution in [0.2, 0.25) is 0 Å². The van der Waals surface area contributed by atoms with Crippen LogP contribution in [0.1, 0.15) is 25.2 Å². The summed E-state index contributed by atoms with van der Waals surface area (Å²) in [6.07, 6.45) is 3.32. The Morgan fingerprint density at radius 1 is 1.29 bits per heavy atom. The van der Waals surface area contributed by atoms with E-state index in [1.807, 2.05) is 14.1 Å². The molecule has 0 fully saturated rings. The molecule has 0 radical (unpaired) electrons. The van der Waals surface area contributed by atoms with Crippen molar-refractivity contribution in [3.8, 4) is 0 Å². The zero-order chi connectivity index (χ0) is 10.8. The summed E-state index contributed by atoms with van der Waals surface area (Å²) in [5.74, 6) is 0.764. The fourth-order valence-corrected chi connectivity index (χ4v) is 0.952. The smallest absolute Gasteiger partial charge is 0.147 e. The highest BCUT2D eigenvalue weighted by molar-refractivity contribution is 5.08. The van der Waals surface area contributed by atoms with Crippen molar-refractivity contribution in [3.05, 3.63) is 23.8 Å². The normalized spacial score (nSPS) is 12.1. The molecule has 1 N–H and O–H groups in total. The van der Waals surface area contributed by atoms with Crippen LogP contribution in [0.25, 0.3) is 0 Å². The third-order valence-corrected chi connectivity index (χ3v) is 2.55. The van der Waals surface area contributed by atoms with Gasteiger partial charge in [-0.1, -0.05) is 0 Å². The minimum absolute atomic E-state index is 0.0112. The zero-order valence-electron chi connectivity index (χ0n) is 9.15. The zero-order valence-corrected chi connectivity index (χ0v) is 9.15. The maximum atomic E-state index is 8.85. The third-order valence-electron chi connectivity index (χ3n) is 2.55. The van der Waals surface area contributed by atoms with E-state index in [1.165, 1.54) is 0 Å². The van der Waals surface area contributed by atoms with Gasteiger partial charge in [-0.2, -0.15) is 0 Å². The van der Waals surface area contributed by atoms with E-state index in [4.69, 9.17) is 5.11 Å². The second-order valence-corrected chi connectivity index (χ2v) is 4.03. The lowest BCUT2D eigenvalue weighted by atomic mass is 10.0. The number of rotatable bonds is 3. The standard InChI is InChI=1S/C10H17N3O/c1-10(2,13(3)4)9-11-5-8(7-14)6-12-9/h5-6,14H,7H2,1-4H3. The maximum absolute atomic E-state index is 8.85. The van der Waals surface area contributed by atoms with Crippen LogP contribution in [0.15, 0.2) is 12.4 Å². The molecule has 78 valence electrons. The molecule has 1 aromatic heterocycles. The minimum atomic E-state index is -0.187. The van der Waals surface area contributed by atoms with Crippen LogP contribution in [-0.2, 0) is 12.1 Å². The van der Waals surface area contributed by atoms with Crippen LogP contribution in [0, 0.1) is 0 Å². The Balaban J connectivity index is 2.97. The molecular weight excluding hydrogens is 178 g/mol. The molecule has 0 unspecified atom stereocenters. The van der Waals surface area contributed by atoms with Gasteiger partial charge in [-0.05, 0) is 27.9 Å². The van der Waals surface area contributed by atoms with Gasteiger partial charge in [0.15, 0.2) is 0 Å². The molecule has 0 atom stereocenters. The molecule has 0 aliphatic heterocycles. The van der Waals surface area contributed by atoms with E-state index in [0.717, 1.165) is 11.4 Å². The van der Waals surface area contributed by atoms with E-state index < -0.39 is 0 Å². The first-order chi connectivity index (χ1) is 6.48. The van der Waals surface area contributed by atoms with Crippen molar-refractivity contribution in [2.75, 3.05) is 14.1 Å². The molecule has 0 saturated carbocycles. The number of hydrogen-bond acceptors (Lipinski definition) is 4. The highest BCUT2D eigenvalue weighted by Crippen LogP contribution is 2.20. The number of hydrogen-bond donors (Lipinski definition) is 1. The van der Waals surface area contributed by atoms with E-state index >= 15 is 0 Å². The van der Waals surface area contributed by atoms with E-state index in [1.54, 1.807) is 12.4 Å². The Kier molecular flexibility index (Phi) is 3.18. The van der Waals surface area contributed by atoms with Crippen LogP contribution < -0.4 is 0 Å². The van der Waals surface area contributed by atoms with Crippen molar-refractivity contribution in [2.45, 2.75) is 26.0 Å². The highest BCUT2D eigenvalue weighted by Gasteiger charge is 2.25. The molecule has 0 spiro atoms. The predicted octanol–water partition coefficient (Wildman–Crippen LogP) is 0.766. The summed E-state index contributed by atoms with van der Waals surface area (Å²) in [5.41, 5.74) is 0.553. The molecule has 0 saturated heterocycles. The van der Waals surface area contributed by atoms with Gasteiger partial charge < -0.3 is 5.11 Å².